The molecule has 4 rings (SSSR count). The van der Waals surface area contributed by atoms with Crippen LogP contribution in [0.3, 0.4) is 0 Å². The molecule has 0 N–H and O–H groups in total. The Morgan fingerprint density at radius 2 is 1.00 bits per heavy atom. The molecule has 0 heterocycles. The molecule has 0 saturated heterocycles. The standard InChI is InChI=1S/C20H16.2C4H9.Zr/c1-2-6-18-12-15(11-17(18)5-1)9-10-16-13-19-7-3-4-8-20(19)14-16;2*1-3-4-2;/h1-8,11-14H,9-10H2;2*1,3-4H2,2H3;/q-2;2*-1;+4. The summed E-state index contributed by atoms with van der Waals surface area (Å²) in [7, 11) is 0. The fourth-order valence-electron chi connectivity index (χ4n) is 3.01. The van der Waals surface area contributed by atoms with Gasteiger partial charge in [0.2, 0.25) is 0 Å². The molecule has 0 bridgehead atoms. The molecular weight excluding hydrogens is 428 g/mol. The monoisotopic (exact) mass is 460 g/mol. The molecule has 4 aromatic rings. The second-order valence-electron chi connectivity index (χ2n) is 7.19. The molecule has 0 saturated carbocycles. The van der Waals surface area contributed by atoms with Gasteiger partial charge in [-0.2, -0.15) is 25.0 Å². The van der Waals surface area contributed by atoms with E-state index in [9.17, 15) is 0 Å². The van der Waals surface area contributed by atoms with Crippen LogP contribution in [-0.2, 0) is 39.0 Å². The van der Waals surface area contributed by atoms with Crippen LogP contribution in [-0.4, -0.2) is 0 Å². The molecule has 0 radical (unpaired) electrons. The van der Waals surface area contributed by atoms with Crippen LogP contribution in [0.5, 0.6) is 0 Å². The van der Waals surface area contributed by atoms with Crippen molar-refractivity contribution < 1.29 is 26.2 Å². The Hall–Kier alpha value is -1.46. The molecule has 0 atom stereocenters. The molecule has 0 nitrogen and oxygen atoms in total. The van der Waals surface area contributed by atoms with E-state index in [0.717, 1.165) is 25.7 Å². The zero-order valence-corrected chi connectivity index (χ0v) is 20.5. The topological polar surface area (TPSA) is 0 Å². The van der Waals surface area contributed by atoms with E-state index >= 15 is 0 Å². The van der Waals surface area contributed by atoms with Gasteiger partial charge in [0.15, 0.2) is 0 Å². The van der Waals surface area contributed by atoms with Crippen LogP contribution in [0.2, 0.25) is 0 Å². The van der Waals surface area contributed by atoms with E-state index in [4.69, 9.17) is 0 Å². The number of aryl methyl sites for hydroxylation is 2. The minimum atomic E-state index is 0. The third-order valence-electron chi connectivity index (χ3n) is 4.77. The minimum Gasteiger partial charge on any atom is -0.343 e. The fourth-order valence-corrected chi connectivity index (χ4v) is 3.01. The molecular formula is C28H34Zr. The smallest absolute Gasteiger partial charge is 0.343 e. The summed E-state index contributed by atoms with van der Waals surface area (Å²) < 4.78 is 0. The number of benzene rings is 2. The first-order valence-corrected chi connectivity index (χ1v) is 10.6. The number of fused-ring (bicyclic) bond motifs is 2. The third kappa shape index (κ3) is 8.43. The fraction of sp³-hybridized carbons (Fsp3) is 0.286. The summed E-state index contributed by atoms with van der Waals surface area (Å²) in [5.74, 6) is 0. The van der Waals surface area contributed by atoms with E-state index in [1.54, 1.807) is 0 Å². The zero-order valence-electron chi connectivity index (χ0n) is 18.1. The normalized spacial score (nSPS) is 9.93. The van der Waals surface area contributed by atoms with Crippen LogP contribution in [0.25, 0.3) is 21.5 Å². The second-order valence-corrected chi connectivity index (χ2v) is 7.19. The van der Waals surface area contributed by atoms with Crippen molar-refractivity contribution in [3.05, 3.63) is 97.8 Å². The SMILES string of the molecule is [CH2-]CCC.[CH2-]CCC.[Zr+4].c1ccc2[cH-]c(CCc3cc4ccccc4[cH-]3)cc2c1. The van der Waals surface area contributed by atoms with Gasteiger partial charge < -0.3 is 13.8 Å². The number of hydrogen-bond donors (Lipinski definition) is 0. The van der Waals surface area contributed by atoms with Crippen molar-refractivity contribution in [2.45, 2.75) is 52.4 Å². The van der Waals surface area contributed by atoms with Crippen LogP contribution in [0, 0.1) is 13.8 Å². The molecule has 150 valence electrons. The summed E-state index contributed by atoms with van der Waals surface area (Å²) in [6.45, 7) is 11.4. The number of unbranched alkanes of at least 4 members (excludes halogenated alkanes) is 2. The second kappa shape index (κ2) is 14.5. The largest absolute Gasteiger partial charge is 4.00 e. The van der Waals surface area contributed by atoms with E-state index in [1.165, 1.54) is 45.5 Å². The van der Waals surface area contributed by atoms with E-state index in [0.29, 0.717) is 0 Å². The van der Waals surface area contributed by atoms with Gasteiger partial charge in [-0.25, -0.2) is 0 Å². The van der Waals surface area contributed by atoms with Gasteiger partial charge in [0, 0.05) is 0 Å². The van der Waals surface area contributed by atoms with E-state index < -0.39 is 0 Å². The van der Waals surface area contributed by atoms with Gasteiger partial charge in [0.05, 0.1) is 0 Å². The van der Waals surface area contributed by atoms with Crippen LogP contribution in [0.1, 0.15) is 50.7 Å². The first-order valence-electron chi connectivity index (χ1n) is 10.6. The van der Waals surface area contributed by atoms with Crippen molar-refractivity contribution in [2.75, 3.05) is 0 Å². The Labute approximate surface area is 197 Å². The molecule has 0 spiro atoms. The first-order chi connectivity index (χ1) is 13.7. The van der Waals surface area contributed by atoms with Gasteiger partial charge >= 0.3 is 26.2 Å². The van der Waals surface area contributed by atoms with Crippen molar-refractivity contribution >= 4 is 21.5 Å². The maximum absolute atomic E-state index is 3.60. The van der Waals surface area contributed by atoms with Crippen molar-refractivity contribution in [3.8, 4) is 0 Å². The molecule has 0 aliphatic carbocycles. The van der Waals surface area contributed by atoms with E-state index in [1.807, 2.05) is 0 Å². The Morgan fingerprint density at radius 3 is 1.31 bits per heavy atom. The summed E-state index contributed by atoms with van der Waals surface area (Å²) in [5.41, 5.74) is 2.88. The Morgan fingerprint density at radius 1 is 0.655 bits per heavy atom. The van der Waals surface area contributed by atoms with Crippen LogP contribution in [0.4, 0.5) is 0 Å². The van der Waals surface area contributed by atoms with Crippen molar-refractivity contribution in [3.63, 3.8) is 0 Å². The Bertz CT molecular complexity index is 777. The summed E-state index contributed by atoms with van der Waals surface area (Å²) in [6.07, 6.45) is 6.79. The Kier molecular flexibility index (Phi) is 12.8. The van der Waals surface area contributed by atoms with E-state index in [-0.39, 0.29) is 26.2 Å². The number of rotatable bonds is 5. The summed E-state index contributed by atoms with van der Waals surface area (Å²) in [4.78, 5) is 0. The van der Waals surface area contributed by atoms with Gasteiger partial charge in [-0.05, 0) is 12.8 Å². The quantitative estimate of drug-likeness (QED) is 0.261. The zero-order chi connectivity index (χ0) is 20.2. The van der Waals surface area contributed by atoms with Gasteiger partial charge in [0.1, 0.15) is 0 Å². The summed E-state index contributed by atoms with van der Waals surface area (Å²) >= 11 is 0. The molecule has 0 unspecified atom stereocenters. The van der Waals surface area contributed by atoms with Gasteiger partial charge in [-0.3, -0.25) is 0 Å². The van der Waals surface area contributed by atoms with Crippen LogP contribution < -0.4 is 0 Å². The summed E-state index contributed by atoms with van der Waals surface area (Å²) in [5, 5.41) is 5.43. The summed E-state index contributed by atoms with van der Waals surface area (Å²) in [6, 6.07) is 26.5. The predicted molar refractivity (Wildman–Crippen MR) is 127 cm³/mol. The van der Waals surface area contributed by atoms with Gasteiger partial charge in [-0.1, -0.05) is 38.8 Å². The van der Waals surface area contributed by atoms with Crippen LogP contribution >= 0.6 is 0 Å². The molecule has 0 aromatic heterocycles. The van der Waals surface area contributed by atoms with Gasteiger partial charge in [-0.15, -0.1) is 81.2 Å². The van der Waals surface area contributed by atoms with E-state index in [2.05, 4.69) is 100 Å². The average Bonchev–Trinajstić information content (AvgIpc) is 3.35. The molecule has 0 amide bonds. The average molecular weight is 462 g/mol. The molecule has 0 aliphatic heterocycles. The van der Waals surface area contributed by atoms with Crippen LogP contribution in [0.15, 0.2) is 72.8 Å². The third-order valence-corrected chi connectivity index (χ3v) is 4.77. The first kappa shape index (κ1) is 25.6. The number of hydrogen-bond acceptors (Lipinski definition) is 0. The maximum atomic E-state index is 3.60. The molecule has 4 aromatic carbocycles. The molecule has 0 fully saturated rings. The molecule has 29 heavy (non-hydrogen) atoms. The van der Waals surface area contributed by atoms with Gasteiger partial charge in [0.25, 0.3) is 0 Å². The predicted octanol–water partition coefficient (Wildman–Crippen LogP) is 8.45. The molecule has 1 heteroatoms. The Balaban J connectivity index is 0.000000405. The maximum Gasteiger partial charge on any atom is 4.00 e. The van der Waals surface area contributed by atoms with Crippen molar-refractivity contribution in [2.24, 2.45) is 0 Å². The van der Waals surface area contributed by atoms with Crippen molar-refractivity contribution in [1.29, 1.82) is 0 Å². The molecule has 0 aliphatic rings. The minimum absolute atomic E-state index is 0. The van der Waals surface area contributed by atoms with Crippen molar-refractivity contribution in [1.82, 2.24) is 0 Å².